The number of methoxy groups -OCH3 is 1. The van der Waals surface area contributed by atoms with Crippen LogP contribution in [-0.4, -0.2) is 21.7 Å². The van der Waals surface area contributed by atoms with Crippen molar-refractivity contribution in [2.75, 3.05) is 7.11 Å². The molecule has 0 saturated carbocycles. The van der Waals surface area contributed by atoms with E-state index in [0.717, 1.165) is 11.3 Å². The minimum Gasteiger partial charge on any atom is -0.496 e. The first-order chi connectivity index (χ1) is 10.6. The summed E-state index contributed by atoms with van der Waals surface area (Å²) in [7, 11) is -2.03. The lowest BCUT2D eigenvalue weighted by Gasteiger charge is -2.03. The third-order valence-corrected chi connectivity index (χ3v) is 4.04. The molecule has 0 heterocycles. The monoisotopic (exact) mass is 316 g/mol. The minimum absolute atomic E-state index is 0.167. The van der Waals surface area contributed by atoms with E-state index < -0.39 is 10.0 Å². The Hall–Kier alpha value is -2.60. The van der Waals surface area contributed by atoms with Gasteiger partial charge in [0.15, 0.2) is 0 Å². The number of para-hydroxylation sites is 1. The van der Waals surface area contributed by atoms with Crippen LogP contribution in [-0.2, 0) is 10.0 Å². The molecule has 1 N–H and O–H groups in total. The molecule has 114 valence electrons. The van der Waals surface area contributed by atoms with Gasteiger partial charge >= 0.3 is 0 Å². The van der Waals surface area contributed by atoms with Crippen LogP contribution in [0, 0.1) is 0 Å². The number of rotatable bonds is 6. The van der Waals surface area contributed by atoms with Crippen molar-refractivity contribution in [3.63, 3.8) is 0 Å². The van der Waals surface area contributed by atoms with Crippen LogP contribution in [0.1, 0.15) is 5.56 Å². The Morgan fingerprint density at radius 1 is 1.05 bits per heavy atom. The predicted octanol–water partition coefficient (Wildman–Crippen LogP) is 2.67. The van der Waals surface area contributed by atoms with Gasteiger partial charge in [-0.3, -0.25) is 0 Å². The number of nitrogens with one attached hydrogen (secondary N) is 1. The summed E-state index contributed by atoms with van der Waals surface area (Å²) in [4.78, 5) is 2.32. The highest BCUT2D eigenvalue weighted by atomic mass is 32.2. The van der Waals surface area contributed by atoms with Crippen molar-refractivity contribution in [2.24, 2.45) is 5.10 Å². The number of hydrogen-bond donors (Lipinski definition) is 1. The van der Waals surface area contributed by atoms with Gasteiger partial charge in [-0.25, -0.2) is 4.83 Å². The maximum atomic E-state index is 11.9. The fourth-order valence-electron chi connectivity index (χ4n) is 1.75. The number of allylic oxidation sites excluding steroid dienone is 1. The Morgan fingerprint density at radius 3 is 2.45 bits per heavy atom. The van der Waals surface area contributed by atoms with Crippen LogP contribution in [0.5, 0.6) is 5.75 Å². The Kier molecular flexibility index (Phi) is 5.32. The summed E-state index contributed by atoms with van der Waals surface area (Å²) >= 11 is 0. The molecule has 0 spiro atoms. The van der Waals surface area contributed by atoms with Gasteiger partial charge in [-0.1, -0.05) is 36.4 Å². The summed E-state index contributed by atoms with van der Waals surface area (Å²) in [6.07, 6.45) is 4.78. The van der Waals surface area contributed by atoms with Crippen LogP contribution < -0.4 is 9.57 Å². The topological polar surface area (TPSA) is 67.8 Å². The molecule has 6 heteroatoms. The highest BCUT2D eigenvalue weighted by Gasteiger charge is 2.10. The van der Waals surface area contributed by atoms with Crippen LogP contribution >= 0.6 is 0 Å². The Bertz CT molecular complexity index is 769. The van der Waals surface area contributed by atoms with Crippen LogP contribution in [0.3, 0.4) is 0 Å². The van der Waals surface area contributed by atoms with E-state index in [2.05, 4.69) is 9.93 Å². The van der Waals surface area contributed by atoms with Crippen LogP contribution in [0.2, 0.25) is 0 Å². The lowest BCUT2D eigenvalue weighted by molar-refractivity contribution is 0.414. The zero-order valence-corrected chi connectivity index (χ0v) is 12.8. The molecule has 0 fully saturated rings. The van der Waals surface area contributed by atoms with Crippen LogP contribution in [0.15, 0.2) is 70.7 Å². The summed E-state index contributed by atoms with van der Waals surface area (Å²) in [5.74, 6) is 0.733. The Balaban J connectivity index is 2.00. The first kappa shape index (κ1) is 15.8. The van der Waals surface area contributed by atoms with E-state index in [1.807, 2.05) is 24.3 Å². The second-order valence-corrected chi connectivity index (χ2v) is 5.95. The molecule has 0 aliphatic carbocycles. The molecule has 0 amide bonds. The predicted molar refractivity (Wildman–Crippen MR) is 87.3 cm³/mol. The average molecular weight is 316 g/mol. The Morgan fingerprint density at radius 2 is 1.73 bits per heavy atom. The van der Waals surface area contributed by atoms with Gasteiger partial charge in [0.25, 0.3) is 10.0 Å². The Labute approximate surface area is 130 Å². The molecule has 2 aromatic carbocycles. The van der Waals surface area contributed by atoms with E-state index in [1.165, 1.54) is 18.3 Å². The van der Waals surface area contributed by atoms with E-state index >= 15 is 0 Å². The second-order valence-electron chi connectivity index (χ2n) is 4.29. The number of sulfonamides is 1. The van der Waals surface area contributed by atoms with Gasteiger partial charge in [-0.05, 0) is 30.4 Å². The zero-order valence-electron chi connectivity index (χ0n) is 12.0. The van der Waals surface area contributed by atoms with Gasteiger partial charge in [0.05, 0.1) is 12.0 Å². The molecule has 0 atom stereocenters. The molecule has 0 aromatic heterocycles. The van der Waals surface area contributed by atoms with Crippen molar-refractivity contribution >= 4 is 22.3 Å². The van der Waals surface area contributed by atoms with E-state index in [0.29, 0.717) is 0 Å². The maximum Gasteiger partial charge on any atom is 0.276 e. The number of nitrogens with zero attached hydrogens (tertiary/aromatic N) is 1. The van der Waals surface area contributed by atoms with Crippen molar-refractivity contribution in [3.8, 4) is 5.75 Å². The van der Waals surface area contributed by atoms with Crippen LogP contribution in [0.25, 0.3) is 6.08 Å². The SMILES string of the molecule is COc1ccccc1/C=C/C=N/NS(=O)(=O)c1ccccc1. The summed E-state index contributed by atoms with van der Waals surface area (Å²) in [5.41, 5.74) is 0.877. The largest absolute Gasteiger partial charge is 0.496 e. The third kappa shape index (κ3) is 4.20. The fraction of sp³-hybridized carbons (Fsp3) is 0.0625. The molecule has 5 nitrogen and oxygen atoms in total. The number of hydrazone groups is 1. The molecule has 0 aliphatic rings. The average Bonchev–Trinajstić information content (AvgIpc) is 2.55. The van der Waals surface area contributed by atoms with E-state index in [9.17, 15) is 8.42 Å². The molecular formula is C16H16N2O3S. The molecule has 0 unspecified atom stereocenters. The van der Waals surface area contributed by atoms with Crippen molar-refractivity contribution in [2.45, 2.75) is 4.90 Å². The van der Waals surface area contributed by atoms with E-state index in [1.54, 1.807) is 37.5 Å². The third-order valence-electron chi connectivity index (χ3n) is 2.80. The van der Waals surface area contributed by atoms with Crippen molar-refractivity contribution < 1.29 is 13.2 Å². The fourth-order valence-corrected chi connectivity index (χ4v) is 2.57. The van der Waals surface area contributed by atoms with Crippen molar-refractivity contribution in [3.05, 3.63) is 66.2 Å². The van der Waals surface area contributed by atoms with Gasteiger partial charge in [0.1, 0.15) is 5.75 Å². The highest BCUT2D eigenvalue weighted by Crippen LogP contribution is 2.18. The number of ether oxygens (including phenoxy) is 1. The first-order valence-electron chi connectivity index (χ1n) is 6.53. The van der Waals surface area contributed by atoms with Crippen molar-refractivity contribution in [1.29, 1.82) is 0 Å². The molecule has 2 rings (SSSR count). The normalized spacial score (nSPS) is 11.9. The summed E-state index contributed by atoms with van der Waals surface area (Å²) in [6.45, 7) is 0. The standard InChI is InChI=1S/C16H16N2O3S/c1-21-16-12-6-5-8-14(16)9-7-13-17-18-22(19,20)15-10-3-2-4-11-15/h2-13,18H,1H3/b9-7+,17-13+. The van der Waals surface area contributed by atoms with E-state index in [-0.39, 0.29) is 4.90 Å². The zero-order chi connectivity index (χ0) is 15.8. The lowest BCUT2D eigenvalue weighted by atomic mass is 10.2. The molecule has 0 saturated heterocycles. The summed E-state index contributed by atoms with van der Waals surface area (Å²) in [6, 6.07) is 15.5. The molecule has 22 heavy (non-hydrogen) atoms. The number of hydrogen-bond acceptors (Lipinski definition) is 4. The summed E-state index contributed by atoms with van der Waals surface area (Å²) in [5, 5.41) is 3.70. The van der Waals surface area contributed by atoms with Gasteiger partial charge in [-0.15, -0.1) is 0 Å². The minimum atomic E-state index is -3.62. The van der Waals surface area contributed by atoms with Gasteiger partial charge in [0.2, 0.25) is 0 Å². The molecule has 2 aromatic rings. The van der Waals surface area contributed by atoms with Crippen molar-refractivity contribution in [1.82, 2.24) is 4.83 Å². The van der Waals surface area contributed by atoms with Crippen LogP contribution in [0.4, 0.5) is 0 Å². The van der Waals surface area contributed by atoms with Gasteiger partial charge in [0, 0.05) is 11.8 Å². The second kappa shape index (κ2) is 7.42. The van der Waals surface area contributed by atoms with Gasteiger partial charge < -0.3 is 4.74 Å². The highest BCUT2D eigenvalue weighted by molar-refractivity contribution is 7.89. The molecule has 0 aliphatic heterocycles. The first-order valence-corrected chi connectivity index (χ1v) is 8.01. The lowest BCUT2D eigenvalue weighted by Crippen LogP contribution is -2.17. The smallest absolute Gasteiger partial charge is 0.276 e. The molecular weight excluding hydrogens is 300 g/mol. The maximum absolute atomic E-state index is 11.9. The quantitative estimate of drug-likeness (QED) is 0.658. The van der Waals surface area contributed by atoms with Gasteiger partial charge in [-0.2, -0.15) is 13.5 Å². The summed E-state index contributed by atoms with van der Waals surface area (Å²) < 4.78 is 29.0. The molecule has 0 radical (unpaired) electrons. The molecule has 0 bridgehead atoms. The number of benzene rings is 2. The van der Waals surface area contributed by atoms with E-state index in [4.69, 9.17) is 4.74 Å².